The molecule has 1 aliphatic heterocycles. The molecular formula is C24H32ClF2N7O3S. The summed E-state index contributed by atoms with van der Waals surface area (Å²) in [6.45, 7) is 7.98. The van der Waals surface area contributed by atoms with Gasteiger partial charge >= 0.3 is 6.09 Å². The fourth-order valence-corrected chi connectivity index (χ4v) is 4.94. The van der Waals surface area contributed by atoms with Crippen LogP contribution in [0.1, 0.15) is 51.0 Å². The molecule has 3 aromatic rings. The van der Waals surface area contributed by atoms with Crippen molar-refractivity contribution in [1.82, 2.24) is 29.4 Å². The lowest BCUT2D eigenvalue weighted by Crippen LogP contribution is -2.49. The van der Waals surface area contributed by atoms with Crippen molar-refractivity contribution in [3.63, 3.8) is 0 Å². The third-order valence-electron chi connectivity index (χ3n) is 6.75. The van der Waals surface area contributed by atoms with E-state index in [-0.39, 0.29) is 61.4 Å². The predicted octanol–water partition coefficient (Wildman–Crippen LogP) is 4.97. The van der Waals surface area contributed by atoms with Crippen LogP contribution in [0.5, 0.6) is 0 Å². The number of halogens is 3. The van der Waals surface area contributed by atoms with Gasteiger partial charge in [-0.1, -0.05) is 20.8 Å². The minimum Gasteiger partial charge on any atom is -0.465 e. The quantitative estimate of drug-likeness (QED) is 0.411. The van der Waals surface area contributed by atoms with E-state index in [1.54, 1.807) is 21.7 Å². The highest BCUT2D eigenvalue weighted by Gasteiger charge is 2.32. The van der Waals surface area contributed by atoms with Crippen LogP contribution in [-0.4, -0.2) is 84.6 Å². The second-order valence-electron chi connectivity index (χ2n) is 10.3. The number of carbonyl (C=O) groups is 2. The zero-order valence-corrected chi connectivity index (χ0v) is 23.2. The molecule has 4 heterocycles. The monoisotopic (exact) mass is 571 g/mol. The largest absolute Gasteiger partial charge is 0.465 e. The van der Waals surface area contributed by atoms with E-state index < -0.39 is 25.1 Å². The van der Waals surface area contributed by atoms with E-state index in [0.29, 0.717) is 17.2 Å². The van der Waals surface area contributed by atoms with E-state index in [1.807, 2.05) is 18.5 Å². The van der Waals surface area contributed by atoms with Crippen molar-refractivity contribution in [2.45, 2.75) is 59.0 Å². The predicted molar refractivity (Wildman–Crippen MR) is 144 cm³/mol. The lowest BCUT2D eigenvalue weighted by Gasteiger charge is -2.37. The smallest absolute Gasteiger partial charge is 0.407 e. The molecule has 0 aliphatic carbocycles. The number of nitrogens with zero attached hydrogens (tertiary/aromatic N) is 6. The molecule has 2 N–H and O–H groups in total. The van der Waals surface area contributed by atoms with Gasteiger partial charge in [-0.2, -0.15) is 5.10 Å². The van der Waals surface area contributed by atoms with Crippen molar-refractivity contribution in [3.8, 4) is 11.4 Å². The number of piperidine rings is 1. The Morgan fingerprint density at radius 1 is 1.26 bits per heavy atom. The Hall–Kier alpha value is -3.06. The molecule has 0 aromatic carbocycles. The number of amides is 2. The number of carbonyl (C=O) groups excluding carboxylic acids is 1. The van der Waals surface area contributed by atoms with Gasteiger partial charge in [-0.15, -0.1) is 23.7 Å². The van der Waals surface area contributed by atoms with Crippen molar-refractivity contribution >= 4 is 46.4 Å². The molecule has 1 fully saturated rings. The first-order valence-electron chi connectivity index (χ1n) is 12.1. The number of aromatic nitrogens is 4. The topological polar surface area (TPSA) is 116 Å². The van der Waals surface area contributed by atoms with E-state index in [2.05, 4.69) is 41.2 Å². The van der Waals surface area contributed by atoms with Gasteiger partial charge in [0.2, 0.25) is 0 Å². The molecule has 14 heteroatoms. The van der Waals surface area contributed by atoms with E-state index in [9.17, 15) is 23.5 Å². The summed E-state index contributed by atoms with van der Waals surface area (Å²) in [5, 5.41) is 19.0. The molecule has 38 heavy (non-hydrogen) atoms. The van der Waals surface area contributed by atoms with Gasteiger partial charge in [0, 0.05) is 42.8 Å². The van der Waals surface area contributed by atoms with E-state index >= 15 is 0 Å². The summed E-state index contributed by atoms with van der Waals surface area (Å²) in [5.74, 6) is 0.560. The van der Waals surface area contributed by atoms with Crippen LogP contribution in [0.3, 0.4) is 0 Å². The lowest BCUT2D eigenvalue weighted by atomic mass is 9.88. The van der Waals surface area contributed by atoms with Gasteiger partial charge in [0.05, 0.1) is 18.3 Å². The van der Waals surface area contributed by atoms with Gasteiger partial charge in [0.1, 0.15) is 16.3 Å². The first-order chi connectivity index (χ1) is 17.4. The molecule has 0 saturated carbocycles. The van der Waals surface area contributed by atoms with Crippen molar-refractivity contribution in [1.29, 1.82) is 0 Å². The summed E-state index contributed by atoms with van der Waals surface area (Å²) in [4.78, 5) is 37.5. The molecule has 3 aromatic heterocycles. The number of alkyl halides is 2. The molecule has 0 radical (unpaired) electrons. The van der Waals surface area contributed by atoms with Crippen LogP contribution in [0.15, 0.2) is 23.8 Å². The second kappa shape index (κ2) is 11.8. The third-order valence-corrected chi connectivity index (χ3v) is 7.64. The van der Waals surface area contributed by atoms with Crippen molar-refractivity contribution in [3.05, 3.63) is 29.5 Å². The van der Waals surface area contributed by atoms with Crippen LogP contribution < -0.4 is 5.32 Å². The Kier molecular flexibility index (Phi) is 9.13. The Bertz CT molecular complexity index is 1270. The van der Waals surface area contributed by atoms with Crippen LogP contribution in [-0.2, 0) is 0 Å². The van der Waals surface area contributed by atoms with Crippen LogP contribution in [0.25, 0.3) is 16.2 Å². The van der Waals surface area contributed by atoms with Crippen molar-refractivity contribution in [2.75, 3.05) is 25.0 Å². The first kappa shape index (κ1) is 29.5. The van der Waals surface area contributed by atoms with Gasteiger partial charge < -0.3 is 15.3 Å². The van der Waals surface area contributed by atoms with Crippen LogP contribution in [0, 0.1) is 5.41 Å². The maximum absolute atomic E-state index is 13.5. The zero-order chi connectivity index (χ0) is 26.9. The molecular weight excluding hydrogens is 540 g/mol. The molecule has 0 spiro atoms. The van der Waals surface area contributed by atoms with Gasteiger partial charge in [-0.25, -0.2) is 28.1 Å². The molecule has 10 nitrogen and oxygen atoms in total. The molecule has 1 aliphatic rings. The standard InChI is InChI=1S/C24H31F2N7O3S.ClH/c1-14(24(2,3)4)28-19-11-17(29-20(30-19)16-12-27-33-9-10-37-22(16)33)21(34)31-7-5-15(6-8-31)32(23(35)36)13-18(25)26;/h9-12,14-15,18H,5-8,13H2,1-4H3,(H,35,36)(H,28,29,30);1H/t14-;/m1./s1. The highest BCUT2D eigenvalue weighted by molar-refractivity contribution is 7.16. The normalized spacial score (nSPS) is 15.4. The first-order valence-corrected chi connectivity index (χ1v) is 13.0. The van der Waals surface area contributed by atoms with Crippen LogP contribution >= 0.6 is 23.7 Å². The number of likely N-dealkylation sites (tertiary alicyclic amines) is 1. The number of hydrogen-bond donors (Lipinski definition) is 2. The fourth-order valence-electron chi connectivity index (χ4n) is 4.14. The Labute approximate surface area is 229 Å². The van der Waals surface area contributed by atoms with Gasteiger partial charge in [0.15, 0.2) is 5.82 Å². The average Bonchev–Trinajstić information content (AvgIpc) is 3.45. The summed E-state index contributed by atoms with van der Waals surface area (Å²) >= 11 is 1.49. The SMILES string of the molecule is C[C@@H](Nc1cc(C(=O)N2CCC(N(CC(F)F)C(=O)O)CC2)nc(-c2cnn3ccsc23)n1)C(C)(C)C.Cl. The number of nitrogens with one attached hydrogen (secondary N) is 1. The fraction of sp³-hybridized carbons (Fsp3) is 0.542. The maximum atomic E-state index is 13.5. The van der Waals surface area contributed by atoms with Crippen molar-refractivity contribution in [2.24, 2.45) is 5.41 Å². The average molecular weight is 572 g/mol. The maximum Gasteiger partial charge on any atom is 0.407 e. The number of fused-ring (bicyclic) bond motifs is 1. The third kappa shape index (κ3) is 6.49. The van der Waals surface area contributed by atoms with E-state index in [1.165, 1.54) is 11.3 Å². The highest BCUT2D eigenvalue weighted by atomic mass is 35.5. The summed E-state index contributed by atoms with van der Waals surface area (Å²) in [7, 11) is 0. The Morgan fingerprint density at radius 3 is 2.55 bits per heavy atom. The van der Waals surface area contributed by atoms with Crippen molar-refractivity contribution < 1.29 is 23.5 Å². The molecule has 2 amide bonds. The molecule has 0 unspecified atom stereocenters. The van der Waals surface area contributed by atoms with Gasteiger partial charge in [-0.05, 0) is 25.2 Å². The van der Waals surface area contributed by atoms with Crippen LogP contribution in [0.2, 0.25) is 0 Å². The second-order valence-corrected chi connectivity index (χ2v) is 11.1. The number of hydrogen-bond acceptors (Lipinski definition) is 7. The van der Waals surface area contributed by atoms with Gasteiger partial charge in [-0.3, -0.25) is 9.69 Å². The summed E-state index contributed by atoms with van der Waals surface area (Å²) in [5.41, 5.74) is 0.842. The Morgan fingerprint density at radius 2 is 1.95 bits per heavy atom. The minimum absolute atomic E-state index is 0. The van der Waals surface area contributed by atoms with E-state index in [4.69, 9.17) is 0 Å². The molecule has 208 valence electrons. The lowest BCUT2D eigenvalue weighted by molar-refractivity contribution is 0.0388. The van der Waals surface area contributed by atoms with Gasteiger partial charge in [0.25, 0.3) is 12.3 Å². The summed E-state index contributed by atoms with van der Waals surface area (Å²) < 4.78 is 27.5. The van der Waals surface area contributed by atoms with E-state index in [0.717, 1.165) is 9.73 Å². The number of anilines is 1. The van der Waals surface area contributed by atoms with Crippen LogP contribution in [0.4, 0.5) is 19.4 Å². The minimum atomic E-state index is -2.75. The highest BCUT2D eigenvalue weighted by Crippen LogP contribution is 2.29. The number of rotatable bonds is 7. The summed E-state index contributed by atoms with van der Waals surface area (Å²) in [6, 6.07) is 1.09. The zero-order valence-electron chi connectivity index (χ0n) is 21.6. The number of thiazole rings is 1. The molecule has 0 bridgehead atoms. The molecule has 4 rings (SSSR count). The molecule has 1 saturated heterocycles. The number of carboxylic acid groups (broad SMARTS) is 1. The summed E-state index contributed by atoms with van der Waals surface area (Å²) in [6.07, 6.45) is -0.0906. The Balaban J connectivity index is 0.00000400. The molecule has 1 atom stereocenters.